The zero-order valence-electron chi connectivity index (χ0n) is 10.3. The summed E-state index contributed by atoms with van der Waals surface area (Å²) >= 11 is 9.25. The van der Waals surface area contributed by atoms with Gasteiger partial charge >= 0.3 is 0 Å². The Morgan fingerprint density at radius 2 is 2.12 bits per heavy atom. The van der Waals surface area contributed by atoms with Gasteiger partial charge in [0.25, 0.3) is 5.91 Å². The number of benzene rings is 1. The summed E-state index contributed by atoms with van der Waals surface area (Å²) < 4.78 is 0.848. The van der Waals surface area contributed by atoms with Crippen molar-refractivity contribution in [2.45, 2.75) is 20.8 Å². The third kappa shape index (κ3) is 4.00. The molecule has 0 spiro atoms. The summed E-state index contributed by atoms with van der Waals surface area (Å²) in [6, 6.07) is 5.64. The van der Waals surface area contributed by atoms with Gasteiger partial charge in [-0.25, -0.2) is 0 Å². The normalized spacial score (nSPS) is 11.4. The van der Waals surface area contributed by atoms with Crippen molar-refractivity contribution in [3.8, 4) is 0 Å². The van der Waals surface area contributed by atoms with Crippen molar-refractivity contribution in [2.75, 3.05) is 12.4 Å². The number of alkyl halides is 1. The molecule has 1 amide bonds. The maximum atomic E-state index is 12.0. The summed E-state index contributed by atoms with van der Waals surface area (Å²) in [5, 5.41) is 2.90. The Morgan fingerprint density at radius 3 is 2.71 bits per heavy atom. The minimum atomic E-state index is -0.0898. The zero-order chi connectivity index (χ0) is 13.1. The maximum Gasteiger partial charge on any atom is 0.252 e. The van der Waals surface area contributed by atoms with Crippen LogP contribution in [0.5, 0.6) is 0 Å². The molecule has 2 nitrogen and oxygen atoms in total. The predicted molar refractivity (Wildman–Crippen MR) is 75.7 cm³/mol. The summed E-state index contributed by atoms with van der Waals surface area (Å²) in [6.45, 7) is 6.57. The highest BCUT2D eigenvalue weighted by Crippen LogP contribution is 2.21. The number of hydrogen-bond donors (Lipinski definition) is 1. The maximum absolute atomic E-state index is 12.0. The van der Waals surface area contributed by atoms with Crippen molar-refractivity contribution in [3.05, 3.63) is 33.8 Å². The van der Waals surface area contributed by atoms with Crippen LogP contribution in [0.25, 0.3) is 0 Å². The third-order valence-corrected chi connectivity index (χ3v) is 4.30. The van der Waals surface area contributed by atoms with Gasteiger partial charge in [0.2, 0.25) is 0 Å². The second-order valence-corrected chi connectivity index (χ2v) is 5.98. The van der Waals surface area contributed by atoms with Gasteiger partial charge in [-0.2, -0.15) is 0 Å². The average Bonchev–Trinajstić information content (AvgIpc) is 2.30. The lowest BCUT2D eigenvalue weighted by atomic mass is 9.96. The van der Waals surface area contributed by atoms with E-state index < -0.39 is 0 Å². The van der Waals surface area contributed by atoms with Crippen LogP contribution in [0.1, 0.15) is 29.8 Å². The van der Waals surface area contributed by atoms with Gasteiger partial charge in [-0.15, -0.1) is 11.6 Å². The smallest absolute Gasteiger partial charge is 0.252 e. The minimum Gasteiger partial charge on any atom is -0.351 e. The van der Waals surface area contributed by atoms with Crippen molar-refractivity contribution < 1.29 is 4.79 Å². The van der Waals surface area contributed by atoms with Crippen molar-refractivity contribution >= 4 is 33.4 Å². The van der Waals surface area contributed by atoms with E-state index in [1.165, 1.54) is 0 Å². The van der Waals surface area contributed by atoms with E-state index in [9.17, 15) is 4.79 Å². The minimum absolute atomic E-state index is 0.0706. The number of aryl methyl sites for hydroxylation is 1. The van der Waals surface area contributed by atoms with Crippen LogP contribution in [0.3, 0.4) is 0 Å². The van der Waals surface area contributed by atoms with Gasteiger partial charge in [-0.3, -0.25) is 4.79 Å². The van der Waals surface area contributed by atoms with Crippen LogP contribution < -0.4 is 5.32 Å². The fourth-order valence-corrected chi connectivity index (χ4v) is 1.82. The first kappa shape index (κ1) is 14.5. The molecule has 1 N–H and O–H groups in total. The monoisotopic (exact) mass is 317 g/mol. The molecule has 1 rings (SSSR count). The first-order chi connectivity index (χ1) is 7.87. The molecule has 94 valence electrons. The van der Waals surface area contributed by atoms with Crippen molar-refractivity contribution in [3.63, 3.8) is 0 Å². The van der Waals surface area contributed by atoms with Crippen molar-refractivity contribution in [2.24, 2.45) is 5.41 Å². The van der Waals surface area contributed by atoms with E-state index in [1.54, 1.807) is 6.07 Å². The number of hydrogen-bond acceptors (Lipinski definition) is 1. The summed E-state index contributed by atoms with van der Waals surface area (Å²) in [7, 11) is 0. The van der Waals surface area contributed by atoms with Gasteiger partial charge < -0.3 is 5.32 Å². The number of halogens is 2. The van der Waals surface area contributed by atoms with Crippen molar-refractivity contribution in [1.82, 2.24) is 5.32 Å². The Hall–Kier alpha value is -0.540. The molecule has 17 heavy (non-hydrogen) atoms. The molecule has 4 heteroatoms. The van der Waals surface area contributed by atoms with Gasteiger partial charge in [0.15, 0.2) is 0 Å². The average molecular weight is 319 g/mol. The molecule has 0 fully saturated rings. The molecule has 0 radical (unpaired) electrons. The lowest BCUT2D eigenvalue weighted by molar-refractivity contribution is 0.0939. The van der Waals surface area contributed by atoms with Crippen LogP contribution >= 0.6 is 27.5 Å². The fraction of sp³-hybridized carbons (Fsp3) is 0.462. The SMILES string of the molecule is Cc1cccc(C(=O)NCC(C)(C)CCl)c1Br. The van der Waals surface area contributed by atoms with Crippen molar-refractivity contribution in [1.29, 1.82) is 0 Å². The summed E-state index contributed by atoms with van der Waals surface area (Å²) in [5.41, 5.74) is 1.62. The lowest BCUT2D eigenvalue weighted by Gasteiger charge is -2.21. The number of carbonyl (C=O) groups is 1. The molecule has 0 saturated heterocycles. The number of amides is 1. The van der Waals surface area contributed by atoms with E-state index in [2.05, 4.69) is 21.2 Å². The largest absolute Gasteiger partial charge is 0.351 e. The second kappa shape index (κ2) is 5.87. The molecular formula is C13H17BrClNO. The highest BCUT2D eigenvalue weighted by molar-refractivity contribution is 9.10. The summed E-state index contributed by atoms with van der Waals surface area (Å²) in [6.07, 6.45) is 0. The highest BCUT2D eigenvalue weighted by atomic mass is 79.9. The van der Waals surface area contributed by atoms with Gasteiger partial charge in [-0.05, 0) is 39.9 Å². The zero-order valence-corrected chi connectivity index (χ0v) is 12.7. The Morgan fingerprint density at radius 1 is 1.47 bits per heavy atom. The molecule has 0 aromatic heterocycles. The molecule has 1 aromatic carbocycles. The van der Waals surface area contributed by atoms with Crippen LogP contribution in [-0.4, -0.2) is 18.3 Å². The van der Waals surface area contributed by atoms with Gasteiger partial charge in [-0.1, -0.05) is 26.0 Å². The molecule has 0 unspecified atom stereocenters. The molecule has 1 aromatic rings. The van der Waals surface area contributed by atoms with Gasteiger partial charge in [0.05, 0.1) is 5.56 Å². The molecule has 0 atom stereocenters. The van der Waals surface area contributed by atoms with Crippen LogP contribution in [0.2, 0.25) is 0 Å². The van der Waals surface area contributed by atoms with Gasteiger partial charge in [0.1, 0.15) is 0 Å². The standard InChI is InChI=1S/C13H17BrClNO/c1-9-5-4-6-10(11(9)14)12(17)16-8-13(2,3)7-15/h4-6H,7-8H2,1-3H3,(H,16,17). The van der Waals surface area contributed by atoms with E-state index in [1.807, 2.05) is 32.9 Å². The second-order valence-electron chi connectivity index (χ2n) is 4.92. The number of rotatable bonds is 4. The first-order valence-corrected chi connectivity index (χ1v) is 6.79. The van der Waals surface area contributed by atoms with E-state index >= 15 is 0 Å². The molecule has 0 saturated carbocycles. The highest BCUT2D eigenvalue weighted by Gasteiger charge is 2.19. The van der Waals surface area contributed by atoms with Crippen LogP contribution in [0, 0.1) is 12.3 Å². The molecule has 0 aliphatic carbocycles. The van der Waals surface area contributed by atoms with E-state index in [0.29, 0.717) is 18.0 Å². The van der Waals surface area contributed by atoms with Crippen LogP contribution in [-0.2, 0) is 0 Å². The lowest BCUT2D eigenvalue weighted by Crippen LogP contribution is -2.35. The first-order valence-electron chi connectivity index (χ1n) is 5.47. The predicted octanol–water partition coefficient (Wildman–Crippen LogP) is 3.75. The van der Waals surface area contributed by atoms with Gasteiger partial charge in [0, 0.05) is 16.9 Å². The summed E-state index contributed by atoms with van der Waals surface area (Å²) in [5.74, 6) is 0.446. The Labute approximate surface area is 116 Å². The summed E-state index contributed by atoms with van der Waals surface area (Å²) in [4.78, 5) is 12.0. The van der Waals surface area contributed by atoms with Crippen LogP contribution in [0.15, 0.2) is 22.7 Å². The molecular weight excluding hydrogens is 302 g/mol. The number of nitrogens with one attached hydrogen (secondary N) is 1. The Bertz CT molecular complexity index is 418. The molecule has 0 aliphatic heterocycles. The molecule has 0 aliphatic rings. The van der Waals surface area contributed by atoms with E-state index in [4.69, 9.17) is 11.6 Å². The third-order valence-electron chi connectivity index (χ3n) is 2.53. The van der Waals surface area contributed by atoms with Crippen LogP contribution in [0.4, 0.5) is 0 Å². The Kier molecular flexibility index (Phi) is 5.02. The van der Waals surface area contributed by atoms with E-state index in [-0.39, 0.29) is 11.3 Å². The quantitative estimate of drug-likeness (QED) is 0.842. The fourth-order valence-electron chi connectivity index (χ4n) is 1.28. The number of carbonyl (C=O) groups excluding carboxylic acids is 1. The Balaban J connectivity index is 2.74. The topological polar surface area (TPSA) is 29.1 Å². The molecule has 0 bridgehead atoms. The van der Waals surface area contributed by atoms with E-state index in [0.717, 1.165) is 10.0 Å². The molecule has 0 heterocycles.